The van der Waals surface area contributed by atoms with Crippen LogP contribution in [0.1, 0.15) is 32.8 Å². The number of hydrogen-bond acceptors (Lipinski definition) is 1. The van der Waals surface area contributed by atoms with Gasteiger partial charge in [0.15, 0.2) is 5.15 Å². The Labute approximate surface area is 84.9 Å². The van der Waals surface area contributed by atoms with Gasteiger partial charge in [-0.1, -0.05) is 25.4 Å². The molecule has 74 valence electrons. The molecule has 0 spiro atoms. The highest BCUT2D eigenvalue weighted by molar-refractivity contribution is 6.30. The van der Waals surface area contributed by atoms with E-state index in [0.717, 1.165) is 18.9 Å². The molecular formula is C10H17ClN2. The van der Waals surface area contributed by atoms with Gasteiger partial charge in [0, 0.05) is 18.3 Å². The first kappa shape index (κ1) is 10.6. The smallest absolute Gasteiger partial charge is 0.154 e. The van der Waals surface area contributed by atoms with Gasteiger partial charge in [-0.3, -0.25) is 4.68 Å². The first-order valence-electron chi connectivity index (χ1n) is 4.85. The third-order valence-electron chi connectivity index (χ3n) is 2.10. The van der Waals surface area contributed by atoms with Crippen LogP contribution in [0.3, 0.4) is 0 Å². The Morgan fingerprint density at radius 2 is 2.23 bits per heavy atom. The summed E-state index contributed by atoms with van der Waals surface area (Å²) in [7, 11) is 0. The molecule has 1 rings (SSSR count). The van der Waals surface area contributed by atoms with Gasteiger partial charge in [0.1, 0.15) is 0 Å². The van der Waals surface area contributed by atoms with Crippen molar-refractivity contribution >= 4 is 11.6 Å². The molecule has 0 atom stereocenters. The van der Waals surface area contributed by atoms with Crippen molar-refractivity contribution in [2.45, 2.75) is 40.2 Å². The van der Waals surface area contributed by atoms with E-state index in [1.807, 2.05) is 10.9 Å². The number of aromatic nitrogens is 2. The van der Waals surface area contributed by atoms with E-state index in [0.29, 0.717) is 5.15 Å². The first-order valence-corrected chi connectivity index (χ1v) is 5.23. The van der Waals surface area contributed by atoms with Gasteiger partial charge in [-0.25, -0.2) is 0 Å². The van der Waals surface area contributed by atoms with Crippen LogP contribution in [0.5, 0.6) is 0 Å². The summed E-state index contributed by atoms with van der Waals surface area (Å²) in [4.78, 5) is 0. The van der Waals surface area contributed by atoms with Crippen molar-refractivity contribution < 1.29 is 0 Å². The van der Waals surface area contributed by atoms with Crippen LogP contribution >= 0.6 is 11.6 Å². The van der Waals surface area contributed by atoms with Crippen molar-refractivity contribution in [1.29, 1.82) is 0 Å². The number of nitrogens with zero attached hydrogens (tertiary/aromatic N) is 2. The molecule has 0 amide bonds. The van der Waals surface area contributed by atoms with Crippen LogP contribution < -0.4 is 0 Å². The van der Waals surface area contributed by atoms with Gasteiger partial charge >= 0.3 is 0 Å². The van der Waals surface area contributed by atoms with Crippen molar-refractivity contribution in [2.75, 3.05) is 0 Å². The predicted octanol–water partition coefficient (Wildman–Crippen LogP) is 3.15. The summed E-state index contributed by atoms with van der Waals surface area (Å²) in [5, 5.41) is 4.86. The molecule has 0 radical (unpaired) electrons. The lowest BCUT2D eigenvalue weighted by Gasteiger charge is -2.01. The Morgan fingerprint density at radius 1 is 1.54 bits per heavy atom. The number of rotatable bonds is 4. The molecule has 0 N–H and O–H groups in total. The van der Waals surface area contributed by atoms with Gasteiger partial charge in [0.05, 0.1) is 0 Å². The molecule has 0 fully saturated rings. The molecule has 2 nitrogen and oxygen atoms in total. The van der Waals surface area contributed by atoms with Crippen molar-refractivity contribution in [3.63, 3.8) is 0 Å². The summed E-state index contributed by atoms with van der Waals surface area (Å²) in [6.07, 6.45) is 4.26. The molecule has 0 saturated carbocycles. The Kier molecular flexibility index (Phi) is 3.79. The first-order chi connectivity index (χ1) is 6.13. The maximum absolute atomic E-state index is 5.98. The standard InChI is InChI=1S/C10H17ClN2/c1-4-13-7-9(10(11)12-13)6-5-8(2)3/h7-8H,4-6H2,1-3H3. The van der Waals surface area contributed by atoms with Gasteiger partial charge in [-0.2, -0.15) is 5.10 Å². The van der Waals surface area contributed by atoms with E-state index in [-0.39, 0.29) is 0 Å². The molecule has 0 unspecified atom stereocenters. The molecule has 0 aliphatic rings. The van der Waals surface area contributed by atoms with Crippen molar-refractivity contribution in [3.05, 3.63) is 16.9 Å². The van der Waals surface area contributed by atoms with E-state index in [2.05, 4.69) is 25.9 Å². The highest BCUT2D eigenvalue weighted by atomic mass is 35.5. The van der Waals surface area contributed by atoms with E-state index in [1.165, 1.54) is 12.0 Å². The zero-order chi connectivity index (χ0) is 9.84. The van der Waals surface area contributed by atoms with Crippen LogP contribution in [0.25, 0.3) is 0 Å². The SMILES string of the molecule is CCn1cc(CCC(C)C)c(Cl)n1. The fraction of sp³-hybridized carbons (Fsp3) is 0.700. The normalized spacial score (nSPS) is 11.2. The minimum atomic E-state index is 0.669. The molecule has 1 aromatic heterocycles. The minimum Gasteiger partial charge on any atom is -0.271 e. The van der Waals surface area contributed by atoms with Crippen LogP contribution in [0, 0.1) is 5.92 Å². The summed E-state index contributed by atoms with van der Waals surface area (Å²) in [5.41, 5.74) is 1.18. The second-order valence-electron chi connectivity index (χ2n) is 3.73. The lowest BCUT2D eigenvalue weighted by atomic mass is 10.1. The highest BCUT2D eigenvalue weighted by Crippen LogP contribution is 2.17. The molecule has 0 aliphatic heterocycles. The third-order valence-corrected chi connectivity index (χ3v) is 2.42. The van der Waals surface area contributed by atoms with Crippen LogP contribution in [-0.4, -0.2) is 9.78 Å². The molecule has 0 aliphatic carbocycles. The molecule has 3 heteroatoms. The van der Waals surface area contributed by atoms with Gasteiger partial charge in [0.25, 0.3) is 0 Å². The maximum atomic E-state index is 5.98. The van der Waals surface area contributed by atoms with Gasteiger partial charge in [-0.15, -0.1) is 0 Å². The van der Waals surface area contributed by atoms with Crippen molar-refractivity contribution in [3.8, 4) is 0 Å². The largest absolute Gasteiger partial charge is 0.271 e. The number of halogens is 1. The van der Waals surface area contributed by atoms with Crippen LogP contribution in [-0.2, 0) is 13.0 Å². The highest BCUT2D eigenvalue weighted by Gasteiger charge is 2.06. The summed E-state index contributed by atoms with van der Waals surface area (Å²) in [6, 6.07) is 0. The summed E-state index contributed by atoms with van der Waals surface area (Å²) >= 11 is 5.98. The Hall–Kier alpha value is -0.500. The molecule has 0 bridgehead atoms. The van der Waals surface area contributed by atoms with E-state index >= 15 is 0 Å². The number of aryl methyl sites for hydroxylation is 2. The van der Waals surface area contributed by atoms with Crippen LogP contribution in [0.15, 0.2) is 6.20 Å². The average Bonchev–Trinajstić information content (AvgIpc) is 2.43. The monoisotopic (exact) mass is 200 g/mol. The predicted molar refractivity (Wildman–Crippen MR) is 56.1 cm³/mol. The summed E-state index contributed by atoms with van der Waals surface area (Å²) < 4.78 is 1.89. The van der Waals surface area contributed by atoms with Gasteiger partial charge < -0.3 is 0 Å². The third kappa shape index (κ3) is 3.03. The summed E-state index contributed by atoms with van der Waals surface area (Å²) in [5.74, 6) is 0.723. The lowest BCUT2D eigenvalue weighted by Crippen LogP contribution is -1.93. The second kappa shape index (κ2) is 4.66. The average molecular weight is 201 g/mol. The van der Waals surface area contributed by atoms with Gasteiger partial charge in [0.2, 0.25) is 0 Å². The van der Waals surface area contributed by atoms with E-state index < -0.39 is 0 Å². The Balaban J connectivity index is 2.60. The van der Waals surface area contributed by atoms with Crippen LogP contribution in [0.2, 0.25) is 5.15 Å². The topological polar surface area (TPSA) is 17.8 Å². The molecule has 1 heterocycles. The van der Waals surface area contributed by atoms with Gasteiger partial charge in [-0.05, 0) is 25.7 Å². The van der Waals surface area contributed by atoms with E-state index in [9.17, 15) is 0 Å². The Morgan fingerprint density at radius 3 is 2.69 bits per heavy atom. The quantitative estimate of drug-likeness (QED) is 0.730. The lowest BCUT2D eigenvalue weighted by molar-refractivity contribution is 0.586. The molecule has 0 aromatic carbocycles. The molecular weight excluding hydrogens is 184 g/mol. The maximum Gasteiger partial charge on any atom is 0.154 e. The molecule has 0 saturated heterocycles. The second-order valence-corrected chi connectivity index (χ2v) is 4.09. The fourth-order valence-corrected chi connectivity index (χ4v) is 1.45. The molecule has 1 aromatic rings. The number of hydrogen-bond donors (Lipinski definition) is 0. The molecule has 13 heavy (non-hydrogen) atoms. The zero-order valence-corrected chi connectivity index (χ0v) is 9.30. The zero-order valence-electron chi connectivity index (χ0n) is 8.55. The van der Waals surface area contributed by atoms with Crippen molar-refractivity contribution in [2.24, 2.45) is 5.92 Å². The van der Waals surface area contributed by atoms with E-state index in [4.69, 9.17) is 11.6 Å². The Bertz CT molecular complexity index is 266. The van der Waals surface area contributed by atoms with Crippen molar-refractivity contribution in [1.82, 2.24) is 9.78 Å². The van der Waals surface area contributed by atoms with Crippen LogP contribution in [0.4, 0.5) is 0 Å². The van der Waals surface area contributed by atoms with E-state index in [1.54, 1.807) is 0 Å². The fourth-order valence-electron chi connectivity index (χ4n) is 1.21. The minimum absolute atomic E-state index is 0.669. The summed E-state index contributed by atoms with van der Waals surface area (Å²) in [6.45, 7) is 7.40.